The molecular formula is C16H27FIN3OS. The molecule has 0 spiro atoms. The minimum absolute atomic E-state index is 0. The molecule has 0 radical (unpaired) electrons. The van der Waals surface area contributed by atoms with E-state index in [4.69, 9.17) is 4.74 Å². The lowest BCUT2D eigenvalue weighted by molar-refractivity contribution is 0.270. The largest absolute Gasteiger partial charge is 0.489 e. The molecule has 7 heteroatoms. The van der Waals surface area contributed by atoms with Crippen LogP contribution in [0.4, 0.5) is 4.39 Å². The van der Waals surface area contributed by atoms with Gasteiger partial charge in [0.2, 0.25) is 0 Å². The quantitative estimate of drug-likeness (QED) is 0.388. The lowest BCUT2D eigenvalue weighted by Crippen LogP contribution is -2.45. The Morgan fingerprint density at radius 2 is 2.04 bits per heavy atom. The Labute approximate surface area is 160 Å². The fraction of sp³-hybridized carbons (Fsp3) is 0.562. The number of ether oxygens (including phenoxy) is 1. The maximum atomic E-state index is 13.5. The summed E-state index contributed by atoms with van der Waals surface area (Å²) in [6.07, 6.45) is 2.09. The molecule has 23 heavy (non-hydrogen) atoms. The Kier molecular flexibility index (Phi) is 10.6. The molecule has 0 fully saturated rings. The number of nitrogens with one attached hydrogen (secondary N) is 1. The standard InChI is InChI=1S/C16H26FN3OS.HI/c1-16(2,22-5)12-19-15(18-3)20(4)10-11-21-14-9-7-6-8-13(14)17;/h6-9H,10-12H2,1-5H3,(H,18,19);1H. The lowest BCUT2D eigenvalue weighted by Gasteiger charge is -2.27. The maximum Gasteiger partial charge on any atom is 0.193 e. The molecule has 0 heterocycles. The van der Waals surface area contributed by atoms with Crippen molar-refractivity contribution in [1.29, 1.82) is 0 Å². The fourth-order valence-corrected chi connectivity index (χ4v) is 1.93. The third-order valence-corrected chi connectivity index (χ3v) is 4.57. The molecule has 1 N–H and O–H groups in total. The molecule has 0 amide bonds. The number of nitrogens with zero attached hydrogens (tertiary/aromatic N) is 2. The first-order valence-corrected chi connectivity index (χ1v) is 8.46. The molecule has 0 atom stereocenters. The molecule has 0 aliphatic heterocycles. The summed E-state index contributed by atoms with van der Waals surface area (Å²) in [5.74, 6) is 0.746. The number of para-hydroxylation sites is 1. The maximum absolute atomic E-state index is 13.5. The molecule has 0 bridgehead atoms. The fourth-order valence-electron chi connectivity index (χ4n) is 1.71. The average molecular weight is 455 g/mol. The van der Waals surface area contributed by atoms with Gasteiger partial charge in [-0.2, -0.15) is 11.8 Å². The lowest BCUT2D eigenvalue weighted by atomic mass is 10.2. The van der Waals surface area contributed by atoms with Crippen molar-refractivity contribution >= 4 is 41.7 Å². The highest BCUT2D eigenvalue weighted by Crippen LogP contribution is 2.19. The van der Waals surface area contributed by atoms with E-state index in [1.54, 1.807) is 37.0 Å². The van der Waals surface area contributed by atoms with Crippen LogP contribution in [-0.2, 0) is 0 Å². The van der Waals surface area contributed by atoms with Gasteiger partial charge in [-0.1, -0.05) is 12.1 Å². The topological polar surface area (TPSA) is 36.9 Å². The molecule has 0 saturated heterocycles. The van der Waals surface area contributed by atoms with Crippen molar-refractivity contribution in [3.8, 4) is 5.75 Å². The van der Waals surface area contributed by atoms with E-state index in [1.807, 2.05) is 11.9 Å². The highest BCUT2D eigenvalue weighted by atomic mass is 127. The Hall–Kier alpha value is -0.700. The average Bonchev–Trinajstić information content (AvgIpc) is 2.49. The van der Waals surface area contributed by atoms with Crippen LogP contribution >= 0.6 is 35.7 Å². The zero-order valence-corrected chi connectivity index (χ0v) is 17.6. The first kappa shape index (κ1) is 22.3. The van der Waals surface area contributed by atoms with Crippen LogP contribution in [0.2, 0.25) is 0 Å². The van der Waals surface area contributed by atoms with Crippen molar-refractivity contribution < 1.29 is 9.13 Å². The van der Waals surface area contributed by atoms with Crippen LogP contribution in [0.15, 0.2) is 29.3 Å². The summed E-state index contributed by atoms with van der Waals surface area (Å²) in [6.45, 7) is 6.19. The van der Waals surface area contributed by atoms with E-state index in [1.165, 1.54) is 6.07 Å². The first-order chi connectivity index (χ1) is 10.4. The Balaban J connectivity index is 0.00000484. The van der Waals surface area contributed by atoms with Crippen molar-refractivity contribution in [1.82, 2.24) is 10.2 Å². The van der Waals surface area contributed by atoms with Gasteiger partial charge < -0.3 is 15.0 Å². The molecule has 0 aromatic heterocycles. The van der Waals surface area contributed by atoms with Gasteiger partial charge in [0.25, 0.3) is 0 Å². The predicted molar refractivity (Wildman–Crippen MR) is 109 cm³/mol. The van der Waals surface area contributed by atoms with E-state index in [0.29, 0.717) is 13.2 Å². The van der Waals surface area contributed by atoms with Gasteiger partial charge in [-0.05, 0) is 32.2 Å². The Morgan fingerprint density at radius 1 is 1.39 bits per heavy atom. The molecule has 4 nitrogen and oxygen atoms in total. The molecule has 1 rings (SSSR count). The minimum atomic E-state index is -0.339. The van der Waals surface area contributed by atoms with E-state index in [9.17, 15) is 4.39 Å². The van der Waals surface area contributed by atoms with E-state index in [2.05, 4.69) is 30.4 Å². The molecule has 0 saturated carbocycles. The second kappa shape index (κ2) is 11.0. The smallest absolute Gasteiger partial charge is 0.193 e. The van der Waals surface area contributed by atoms with Crippen LogP contribution in [0.5, 0.6) is 5.75 Å². The number of hydrogen-bond acceptors (Lipinski definition) is 3. The number of aliphatic imine (C=N–C) groups is 1. The monoisotopic (exact) mass is 455 g/mol. The summed E-state index contributed by atoms with van der Waals surface area (Å²) < 4.78 is 19.1. The van der Waals surface area contributed by atoms with Gasteiger partial charge in [-0.25, -0.2) is 4.39 Å². The van der Waals surface area contributed by atoms with Gasteiger partial charge in [0.15, 0.2) is 17.5 Å². The van der Waals surface area contributed by atoms with Crippen LogP contribution < -0.4 is 10.1 Å². The third kappa shape index (κ3) is 8.10. The van der Waals surface area contributed by atoms with Gasteiger partial charge in [-0.15, -0.1) is 24.0 Å². The van der Waals surface area contributed by atoms with E-state index >= 15 is 0 Å². The van der Waals surface area contributed by atoms with E-state index < -0.39 is 0 Å². The zero-order chi connectivity index (χ0) is 16.6. The molecule has 1 aromatic rings. The molecular weight excluding hydrogens is 428 g/mol. The Morgan fingerprint density at radius 3 is 2.61 bits per heavy atom. The molecule has 0 aliphatic rings. The number of thioether (sulfide) groups is 1. The van der Waals surface area contributed by atoms with Crippen molar-refractivity contribution in [3.05, 3.63) is 30.1 Å². The van der Waals surface area contributed by atoms with Crippen molar-refractivity contribution in [3.63, 3.8) is 0 Å². The molecule has 0 unspecified atom stereocenters. The number of hydrogen-bond donors (Lipinski definition) is 1. The summed E-state index contributed by atoms with van der Waals surface area (Å²) >= 11 is 1.81. The second-order valence-electron chi connectivity index (χ2n) is 5.57. The second-order valence-corrected chi connectivity index (χ2v) is 7.08. The summed E-state index contributed by atoms with van der Waals surface area (Å²) in [5, 5.41) is 3.35. The van der Waals surface area contributed by atoms with Crippen molar-refractivity contribution in [2.75, 3.05) is 40.0 Å². The zero-order valence-electron chi connectivity index (χ0n) is 14.4. The summed E-state index contributed by atoms with van der Waals surface area (Å²) in [7, 11) is 3.69. The Bertz CT molecular complexity index is 500. The van der Waals surface area contributed by atoms with Gasteiger partial charge in [0.1, 0.15) is 6.61 Å². The van der Waals surface area contributed by atoms with Crippen molar-refractivity contribution in [2.45, 2.75) is 18.6 Å². The van der Waals surface area contributed by atoms with E-state index in [0.717, 1.165) is 12.5 Å². The summed E-state index contributed by atoms with van der Waals surface area (Å²) in [4.78, 5) is 6.23. The number of likely N-dealkylation sites (N-methyl/N-ethyl adjacent to an activating group) is 1. The first-order valence-electron chi connectivity index (χ1n) is 7.24. The van der Waals surface area contributed by atoms with Gasteiger partial charge in [0.05, 0.1) is 6.54 Å². The third-order valence-electron chi connectivity index (χ3n) is 3.32. The van der Waals surface area contributed by atoms with Gasteiger partial charge in [-0.3, -0.25) is 4.99 Å². The number of halogens is 2. The van der Waals surface area contributed by atoms with Crippen LogP contribution in [0, 0.1) is 5.82 Å². The van der Waals surface area contributed by atoms with Crippen LogP contribution in [0.25, 0.3) is 0 Å². The number of guanidine groups is 1. The SMILES string of the molecule is CN=C(NCC(C)(C)SC)N(C)CCOc1ccccc1F.I. The minimum Gasteiger partial charge on any atom is -0.489 e. The predicted octanol–water partition coefficient (Wildman–Crippen LogP) is 3.47. The molecule has 0 aliphatic carbocycles. The number of rotatable bonds is 7. The highest BCUT2D eigenvalue weighted by molar-refractivity contribution is 14.0. The van der Waals surface area contributed by atoms with Crippen LogP contribution in [-0.4, -0.2) is 55.7 Å². The van der Waals surface area contributed by atoms with Gasteiger partial charge in [0, 0.05) is 25.4 Å². The summed E-state index contributed by atoms with van der Waals surface area (Å²) in [6, 6.07) is 6.42. The summed E-state index contributed by atoms with van der Waals surface area (Å²) in [5.41, 5.74) is 0. The highest BCUT2D eigenvalue weighted by Gasteiger charge is 2.17. The molecule has 1 aromatic carbocycles. The van der Waals surface area contributed by atoms with Crippen molar-refractivity contribution in [2.24, 2.45) is 4.99 Å². The van der Waals surface area contributed by atoms with Gasteiger partial charge >= 0.3 is 0 Å². The van der Waals surface area contributed by atoms with Crippen LogP contribution in [0.1, 0.15) is 13.8 Å². The normalized spacial score (nSPS) is 11.7. The number of benzene rings is 1. The van der Waals surface area contributed by atoms with E-state index in [-0.39, 0.29) is 40.3 Å². The van der Waals surface area contributed by atoms with Crippen LogP contribution in [0.3, 0.4) is 0 Å². The molecule has 132 valence electrons.